The highest BCUT2D eigenvalue weighted by Crippen LogP contribution is 2.24. The van der Waals surface area contributed by atoms with E-state index in [0.29, 0.717) is 20.6 Å². The molecule has 2 N–H and O–H groups in total. The van der Waals surface area contributed by atoms with E-state index >= 15 is 0 Å². The van der Waals surface area contributed by atoms with Crippen LogP contribution in [0.3, 0.4) is 0 Å². The molecule has 0 saturated carbocycles. The molecule has 0 spiro atoms. The first-order valence-electron chi connectivity index (χ1n) is 4.72. The van der Waals surface area contributed by atoms with Gasteiger partial charge in [0.05, 0.1) is 20.6 Å². The summed E-state index contributed by atoms with van der Waals surface area (Å²) in [5.74, 6) is -0.189. The molecule has 0 aliphatic heterocycles. The van der Waals surface area contributed by atoms with Crippen LogP contribution in [-0.2, 0) is 0 Å². The molecule has 0 radical (unpaired) electrons. The Morgan fingerprint density at radius 3 is 2.65 bits per heavy atom. The Labute approximate surface area is 112 Å². The van der Waals surface area contributed by atoms with Crippen molar-refractivity contribution in [1.82, 2.24) is 5.43 Å². The van der Waals surface area contributed by atoms with Crippen LogP contribution in [0.1, 0.15) is 9.67 Å². The van der Waals surface area contributed by atoms with Crippen LogP contribution in [0.2, 0.25) is 10.0 Å². The summed E-state index contributed by atoms with van der Waals surface area (Å²) >= 11 is 13.0. The lowest BCUT2D eigenvalue weighted by Gasteiger charge is -2.08. The van der Waals surface area contributed by atoms with Crippen molar-refractivity contribution in [3.8, 4) is 0 Å². The van der Waals surface area contributed by atoms with Gasteiger partial charge >= 0.3 is 0 Å². The highest BCUT2D eigenvalue weighted by atomic mass is 35.5. The van der Waals surface area contributed by atoms with Crippen molar-refractivity contribution < 1.29 is 4.79 Å². The number of rotatable bonds is 3. The fourth-order valence-corrected chi connectivity index (χ4v) is 2.09. The van der Waals surface area contributed by atoms with Gasteiger partial charge in [-0.2, -0.15) is 0 Å². The van der Waals surface area contributed by atoms with E-state index in [-0.39, 0.29) is 5.91 Å². The monoisotopic (exact) mass is 286 g/mol. The number of amides is 1. The fraction of sp³-hybridized carbons (Fsp3) is 0. The second kappa shape index (κ2) is 5.40. The molecule has 3 nitrogen and oxygen atoms in total. The predicted octanol–water partition coefficient (Wildman–Crippen LogP) is 3.81. The Hall–Kier alpha value is -1.23. The number of carbonyl (C=O) groups excluding carboxylic acids is 1. The number of hydrazine groups is 1. The minimum absolute atomic E-state index is 0.189. The van der Waals surface area contributed by atoms with E-state index in [0.717, 1.165) is 0 Å². The number of carbonyl (C=O) groups is 1. The number of hydrogen-bond donors (Lipinski definition) is 2. The Morgan fingerprint density at radius 1 is 1.18 bits per heavy atom. The van der Waals surface area contributed by atoms with Gasteiger partial charge in [0.15, 0.2) is 0 Å². The normalized spacial score (nSPS) is 10.0. The van der Waals surface area contributed by atoms with Crippen molar-refractivity contribution in [2.24, 2.45) is 0 Å². The highest BCUT2D eigenvalue weighted by Gasteiger charge is 2.05. The third kappa shape index (κ3) is 3.12. The minimum Gasteiger partial charge on any atom is -0.298 e. The van der Waals surface area contributed by atoms with Crippen LogP contribution in [0, 0.1) is 0 Å². The van der Waals surface area contributed by atoms with Gasteiger partial charge < -0.3 is 0 Å². The fourth-order valence-electron chi connectivity index (χ4n) is 1.17. The average molecular weight is 287 g/mol. The van der Waals surface area contributed by atoms with Crippen LogP contribution in [0.25, 0.3) is 0 Å². The van der Waals surface area contributed by atoms with E-state index in [1.807, 2.05) is 11.4 Å². The molecule has 0 aliphatic carbocycles. The molecule has 0 bridgehead atoms. The predicted molar refractivity (Wildman–Crippen MR) is 71.9 cm³/mol. The molecule has 0 saturated heterocycles. The largest absolute Gasteiger partial charge is 0.298 e. The molecule has 2 aromatic rings. The molecule has 0 unspecified atom stereocenters. The molecule has 1 amide bonds. The Morgan fingerprint density at radius 2 is 2.00 bits per heavy atom. The quantitative estimate of drug-likeness (QED) is 0.843. The van der Waals surface area contributed by atoms with E-state index in [1.165, 1.54) is 11.3 Å². The first-order chi connectivity index (χ1) is 8.16. The standard InChI is InChI=1S/C11H8Cl2N2OS/c12-8-4-3-7(6-9(8)13)14-15-11(16)10-2-1-5-17-10/h1-6,14H,(H,15,16). The van der Waals surface area contributed by atoms with E-state index in [4.69, 9.17) is 23.2 Å². The summed E-state index contributed by atoms with van der Waals surface area (Å²) in [4.78, 5) is 12.2. The lowest BCUT2D eigenvalue weighted by atomic mass is 10.3. The van der Waals surface area contributed by atoms with Gasteiger partial charge in [0.2, 0.25) is 0 Å². The number of hydrogen-bond acceptors (Lipinski definition) is 3. The van der Waals surface area contributed by atoms with Gasteiger partial charge in [0.1, 0.15) is 0 Å². The zero-order valence-corrected chi connectivity index (χ0v) is 10.9. The topological polar surface area (TPSA) is 41.1 Å². The zero-order chi connectivity index (χ0) is 12.3. The Bertz CT molecular complexity index is 528. The SMILES string of the molecule is O=C(NNc1ccc(Cl)c(Cl)c1)c1cccs1. The molecule has 88 valence electrons. The maximum absolute atomic E-state index is 11.6. The molecular formula is C11H8Cl2N2OS. The van der Waals surface area contributed by atoms with E-state index in [9.17, 15) is 4.79 Å². The Balaban J connectivity index is 1.98. The molecule has 17 heavy (non-hydrogen) atoms. The van der Waals surface area contributed by atoms with E-state index < -0.39 is 0 Å². The van der Waals surface area contributed by atoms with Gasteiger partial charge in [0.25, 0.3) is 5.91 Å². The maximum Gasteiger partial charge on any atom is 0.279 e. The molecule has 1 aromatic carbocycles. The number of thiophene rings is 1. The summed E-state index contributed by atoms with van der Waals surface area (Å²) in [5.41, 5.74) is 6.00. The number of benzene rings is 1. The van der Waals surface area contributed by atoms with Gasteiger partial charge in [0, 0.05) is 0 Å². The van der Waals surface area contributed by atoms with Gasteiger partial charge in [-0.25, -0.2) is 0 Å². The second-order valence-corrected chi connectivity index (χ2v) is 4.95. The average Bonchev–Trinajstić information content (AvgIpc) is 2.84. The summed E-state index contributed by atoms with van der Waals surface area (Å²) < 4.78 is 0. The van der Waals surface area contributed by atoms with Crippen LogP contribution in [-0.4, -0.2) is 5.91 Å². The minimum atomic E-state index is -0.189. The van der Waals surface area contributed by atoms with Gasteiger partial charge in [-0.3, -0.25) is 15.6 Å². The van der Waals surface area contributed by atoms with Crippen LogP contribution in [0.5, 0.6) is 0 Å². The smallest absolute Gasteiger partial charge is 0.279 e. The summed E-state index contributed by atoms with van der Waals surface area (Å²) in [5, 5.41) is 2.75. The third-order valence-electron chi connectivity index (χ3n) is 1.98. The van der Waals surface area contributed by atoms with Crippen molar-refractivity contribution in [1.29, 1.82) is 0 Å². The van der Waals surface area contributed by atoms with E-state index in [2.05, 4.69) is 10.9 Å². The summed E-state index contributed by atoms with van der Waals surface area (Å²) in [6.45, 7) is 0. The molecule has 1 heterocycles. The summed E-state index contributed by atoms with van der Waals surface area (Å²) in [7, 11) is 0. The molecule has 0 atom stereocenters. The molecule has 1 aromatic heterocycles. The number of halogens is 2. The van der Waals surface area contributed by atoms with E-state index in [1.54, 1.807) is 24.3 Å². The summed E-state index contributed by atoms with van der Waals surface area (Å²) in [6, 6.07) is 8.58. The molecular weight excluding hydrogens is 279 g/mol. The second-order valence-electron chi connectivity index (χ2n) is 3.19. The van der Waals surface area contributed by atoms with Crippen LogP contribution >= 0.6 is 34.5 Å². The van der Waals surface area contributed by atoms with Crippen LogP contribution in [0.15, 0.2) is 35.7 Å². The zero-order valence-electron chi connectivity index (χ0n) is 8.54. The third-order valence-corrected chi connectivity index (χ3v) is 3.59. The van der Waals surface area contributed by atoms with Crippen molar-refractivity contribution in [2.75, 3.05) is 5.43 Å². The first kappa shape index (κ1) is 12.2. The Kier molecular flexibility index (Phi) is 3.89. The van der Waals surface area contributed by atoms with Gasteiger partial charge in [-0.05, 0) is 29.6 Å². The molecule has 0 fully saturated rings. The molecule has 0 aliphatic rings. The number of anilines is 1. The van der Waals surface area contributed by atoms with Crippen LogP contribution in [0.4, 0.5) is 5.69 Å². The molecule has 2 rings (SSSR count). The van der Waals surface area contributed by atoms with Crippen molar-refractivity contribution in [2.45, 2.75) is 0 Å². The lowest BCUT2D eigenvalue weighted by molar-refractivity contribution is 0.0966. The summed E-state index contributed by atoms with van der Waals surface area (Å²) in [6.07, 6.45) is 0. The van der Waals surface area contributed by atoms with Crippen molar-refractivity contribution in [3.05, 3.63) is 50.6 Å². The number of nitrogens with one attached hydrogen (secondary N) is 2. The van der Waals surface area contributed by atoms with Crippen molar-refractivity contribution >= 4 is 46.1 Å². The van der Waals surface area contributed by atoms with Crippen molar-refractivity contribution in [3.63, 3.8) is 0 Å². The first-order valence-corrected chi connectivity index (χ1v) is 6.35. The highest BCUT2D eigenvalue weighted by molar-refractivity contribution is 7.12. The van der Waals surface area contributed by atoms with Gasteiger partial charge in [-0.1, -0.05) is 29.3 Å². The van der Waals surface area contributed by atoms with Gasteiger partial charge in [-0.15, -0.1) is 11.3 Å². The molecule has 6 heteroatoms. The maximum atomic E-state index is 11.6. The lowest BCUT2D eigenvalue weighted by Crippen LogP contribution is -2.28. The van der Waals surface area contributed by atoms with Crippen LogP contribution < -0.4 is 10.9 Å².